The molecule has 0 aliphatic rings. The largest absolute Gasteiger partial charge is 0.356 e. The number of aromatic nitrogens is 2. The van der Waals surface area contributed by atoms with E-state index in [0.717, 1.165) is 20.8 Å². The lowest BCUT2D eigenvalue weighted by molar-refractivity contribution is 0.996. The maximum atomic E-state index is 6.10. The summed E-state index contributed by atoms with van der Waals surface area (Å²) in [7, 11) is 0. The highest BCUT2D eigenvalue weighted by Crippen LogP contribution is 2.27. The van der Waals surface area contributed by atoms with Crippen molar-refractivity contribution in [3.63, 3.8) is 0 Å². The van der Waals surface area contributed by atoms with Gasteiger partial charge in [0.25, 0.3) is 0 Å². The standard InChI is InChI=1S/C12H11Cl2N3S2/c1-2-5-18-12-17-16-11(19-12)15-7-8-3-4-9(13)6-10(8)14/h2-4,6H,1,5,7H2,(H,15,16). The molecular weight excluding hydrogens is 321 g/mol. The summed E-state index contributed by atoms with van der Waals surface area (Å²) in [5, 5.41) is 13.4. The van der Waals surface area contributed by atoms with Crippen LogP contribution in [0.4, 0.5) is 5.13 Å². The van der Waals surface area contributed by atoms with Crippen LogP contribution in [0.5, 0.6) is 0 Å². The minimum atomic E-state index is 0.594. The third-order valence-corrected chi connectivity index (χ3v) is 4.77. The Morgan fingerprint density at radius 3 is 2.95 bits per heavy atom. The molecule has 0 aliphatic heterocycles. The number of halogens is 2. The van der Waals surface area contributed by atoms with Gasteiger partial charge >= 0.3 is 0 Å². The van der Waals surface area contributed by atoms with Crippen molar-refractivity contribution in [1.29, 1.82) is 0 Å². The predicted octanol–water partition coefficient (Wildman–Crippen LogP) is 4.74. The molecule has 2 rings (SSSR count). The number of benzene rings is 1. The first kappa shape index (κ1) is 14.7. The number of hydrogen-bond donors (Lipinski definition) is 1. The Bertz CT molecular complexity index is 572. The molecule has 0 saturated heterocycles. The van der Waals surface area contributed by atoms with E-state index >= 15 is 0 Å². The molecule has 2 aromatic rings. The van der Waals surface area contributed by atoms with Crippen LogP contribution in [0.15, 0.2) is 35.2 Å². The van der Waals surface area contributed by atoms with Gasteiger partial charge in [-0.1, -0.05) is 58.4 Å². The summed E-state index contributed by atoms with van der Waals surface area (Å²) in [4.78, 5) is 0. The first-order chi connectivity index (χ1) is 9.19. The fourth-order valence-electron chi connectivity index (χ4n) is 1.31. The number of thioether (sulfide) groups is 1. The number of nitrogens with zero attached hydrogens (tertiary/aromatic N) is 2. The van der Waals surface area contributed by atoms with Gasteiger partial charge in [-0.25, -0.2) is 0 Å². The molecule has 0 fully saturated rings. The first-order valence-corrected chi connectivity index (χ1v) is 8.00. The summed E-state index contributed by atoms with van der Waals surface area (Å²) in [6, 6.07) is 5.44. The minimum Gasteiger partial charge on any atom is -0.356 e. The van der Waals surface area contributed by atoms with Crippen molar-refractivity contribution in [3.05, 3.63) is 46.5 Å². The van der Waals surface area contributed by atoms with Crippen LogP contribution in [-0.4, -0.2) is 16.0 Å². The Morgan fingerprint density at radius 1 is 1.37 bits per heavy atom. The Labute approximate surface area is 130 Å². The summed E-state index contributed by atoms with van der Waals surface area (Å²) in [6.07, 6.45) is 1.84. The van der Waals surface area contributed by atoms with E-state index in [-0.39, 0.29) is 0 Å². The maximum Gasteiger partial charge on any atom is 0.206 e. The van der Waals surface area contributed by atoms with Crippen molar-refractivity contribution in [2.24, 2.45) is 0 Å². The fourth-order valence-corrected chi connectivity index (χ4v) is 3.29. The van der Waals surface area contributed by atoms with Crippen molar-refractivity contribution in [3.8, 4) is 0 Å². The van der Waals surface area contributed by atoms with Gasteiger partial charge in [-0.05, 0) is 17.7 Å². The molecule has 0 bridgehead atoms. The molecule has 19 heavy (non-hydrogen) atoms. The van der Waals surface area contributed by atoms with Gasteiger partial charge in [-0.15, -0.1) is 16.8 Å². The van der Waals surface area contributed by atoms with Gasteiger partial charge in [-0.2, -0.15) is 0 Å². The molecule has 3 nitrogen and oxygen atoms in total. The van der Waals surface area contributed by atoms with Crippen molar-refractivity contribution in [1.82, 2.24) is 10.2 Å². The van der Waals surface area contributed by atoms with Crippen molar-refractivity contribution in [2.75, 3.05) is 11.1 Å². The second-order valence-corrected chi connectivity index (χ2v) is 6.65. The molecule has 1 aromatic heterocycles. The molecule has 100 valence electrons. The lowest BCUT2D eigenvalue weighted by atomic mass is 10.2. The lowest BCUT2D eigenvalue weighted by Gasteiger charge is -2.04. The van der Waals surface area contributed by atoms with Gasteiger partial charge in [-0.3, -0.25) is 0 Å². The SMILES string of the molecule is C=CCSc1nnc(NCc2ccc(Cl)cc2Cl)s1. The second kappa shape index (κ2) is 7.14. The molecule has 0 radical (unpaired) electrons. The zero-order chi connectivity index (χ0) is 13.7. The van der Waals surface area contributed by atoms with E-state index in [1.807, 2.05) is 18.2 Å². The smallest absolute Gasteiger partial charge is 0.206 e. The molecular formula is C12H11Cl2N3S2. The summed E-state index contributed by atoms with van der Waals surface area (Å²) in [5.41, 5.74) is 0.974. The van der Waals surface area contributed by atoms with Gasteiger partial charge in [0.15, 0.2) is 4.34 Å². The summed E-state index contributed by atoms with van der Waals surface area (Å²) in [5.74, 6) is 0.831. The number of hydrogen-bond acceptors (Lipinski definition) is 5. The highest BCUT2D eigenvalue weighted by atomic mass is 35.5. The molecule has 0 aliphatic carbocycles. The van der Waals surface area contributed by atoms with Gasteiger partial charge in [0.1, 0.15) is 0 Å². The predicted molar refractivity (Wildman–Crippen MR) is 84.6 cm³/mol. The Hall–Kier alpha value is -0.750. The zero-order valence-electron chi connectivity index (χ0n) is 9.90. The van der Waals surface area contributed by atoms with Crippen molar-refractivity contribution < 1.29 is 0 Å². The van der Waals surface area contributed by atoms with Crippen LogP contribution in [0.1, 0.15) is 5.56 Å². The molecule has 0 amide bonds. The third kappa shape index (κ3) is 4.38. The lowest BCUT2D eigenvalue weighted by Crippen LogP contribution is -1.99. The van der Waals surface area contributed by atoms with Crippen LogP contribution < -0.4 is 5.32 Å². The molecule has 0 unspecified atom stereocenters. The summed E-state index contributed by atoms with van der Waals surface area (Å²) in [6.45, 7) is 4.26. The first-order valence-electron chi connectivity index (χ1n) is 5.44. The van der Waals surface area contributed by atoms with Gasteiger partial charge in [0.2, 0.25) is 5.13 Å². The topological polar surface area (TPSA) is 37.8 Å². The summed E-state index contributed by atoms with van der Waals surface area (Å²) >= 11 is 15.1. The van der Waals surface area contributed by atoms with Crippen LogP contribution in [-0.2, 0) is 6.54 Å². The number of rotatable bonds is 6. The van der Waals surface area contributed by atoms with Crippen LogP contribution >= 0.6 is 46.3 Å². The molecule has 0 saturated carbocycles. The summed E-state index contributed by atoms with van der Waals surface area (Å²) < 4.78 is 0.921. The normalized spacial score (nSPS) is 10.4. The van der Waals surface area contributed by atoms with E-state index in [1.54, 1.807) is 17.8 Å². The zero-order valence-corrected chi connectivity index (χ0v) is 13.0. The quantitative estimate of drug-likeness (QED) is 0.613. The molecule has 0 atom stereocenters. The second-order valence-electron chi connectivity index (χ2n) is 3.56. The van der Waals surface area contributed by atoms with E-state index in [4.69, 9.17) is 23.2 Å². The molecule has 7 heteroatoms. The van der Waals surface area contributed by atoms with Gasteiger partial charge in [0, 0.05) is 22.3 Å². The van der Waals surface area contributed by atoms with E-state index in [2.05, 4.69) is 22.1 Å². The average molecular weight is 332 g/mol. The van der Waals surface area contributed by atoms with E-state index < -0.39 is 0 Å². The van der Waals surface area contributed by atoms with E-state index in [9.17, 15) is 0 Å². The van der Waals surface area contributed by atoms with Crippen molar-refractivity contribution >= 4 is 51.4 Å². The van der Waals surface area contributed by atoms with Crippen LogP contribution in [0.25, 0.3) is 0 Å². The average Bonchev–Trinajstić information content (AvgIpc) is 2.83. The van der Waals surface area contributed by atoms with E-state index in [1.165, 1.54) is 11.3 Å². The number of nitrogens with one attached hydrogen (secondary N) is 1. The van der Waals surface area contributed by atoms with Gasteiger partial charge in [0.05, 0.1) is 0 Å². The molecule has 0 spiro atoms. The number of anilines is 1. The Balaban J connectivity index is 1.94. The highest BCUT2D eigenvalue weighted by molar-refractivity contribution is 8.01. The Kier molecular flexibility index (Phi) is 5.51. The minimum absolute atomic E-state index is 0.594. The van der Waals surface area contributed by atoms with Crippen LogP contribution in [0.3, 0.4) is 0 Å². The van der Waals surface area contributed by atoms with E-state index in [0.29, 0.717) is 16.6 Å². The third-order valence-electron chi connectivity index (χ3n) is 2.18. The maximum absolute atomic E-state index is 6.10. The molecule has 1 aromatic carbocycles. The van der Waals surface area contributed by atoms with Crippen LogP contribution in [0.2, 0.25) is 10.0 Å². The van der Waals surface area contributed by atoms with Gasteiger partial charge < -0.3 is 5.32 Å². The monoisotopic (exact) mass is 331 g/mol. The molecule has 1 heterocycles. The Morgan fingerprint density at radius 2 is 2.21 bits per heavy atom. The highest BCUT2D eigenvalue weighted by Gasteiger charge is 2.05. The van der Waals surface area contributed by atoms with Crippen molar-refractivity contribution in [2.45, 2.75) is 10.9 Å². The van der Waals surface area contributed by atoms with Crippen LogP contribution in [0, 0.1) is 0 Å². The fraction of sp³-hybridized carbons (Fsp3) is 0.167. The molecule has 1 N–H and O–H groups in total.